The number of hydrogen-bond acceptors (Lipinski definition) is 6. The first-order valence-electron chi connectivity index (χ1n) is 9.27. The van der Waals surface area contributed by atoms with Crippen molar-refractivity contribution >= 4 is 40.5 Å². The van der Waals surface area contributed by atoms with E-state index in [-0.39, 0.29) is 11.7 Å². The zero-order valence-corrected chi connectivity index (χ0v) is 16.3. The summed E-state index contributed by atoms with van der Waals surface area (Å²) in [7, 11) is 0. The van der Waals surface area contributed by atoms with E-state index in [0.29, 0.717) is 23.8 Å². The highest BCUT2D eigenvalue weighted by Crippen LogP contribution is 2.35. The quantitative estimate of drug-likeness (QED) is 0.464. The largest absolute Gasteiger partial charge is 0.344 e. The zero-order valence-electron chi connectivity index (χ0n) is 15.5. The summed E-state index contributed by atoms with van der Waals surface area (Å²) in [6, 6.07) is 6.97. The second-order valence-electron chi connectivity index (χ2n) is 7.35. The molecule has 1 spiro atoms. The van der Waals surface area contributed by atoms with E-state index in [4.69, 9.17) is 0 Å². The lowest BCUT2D eigenvalue weighted by Crippen LogP contribution is -2.51. The van der Waals surface area contributed by atoms with Crippen molar-refractivity contribution in [2.45, 2.75) is 43.2 Å². The normalized spacial score (nSPS) is 24.6. The lowest BCUT2D eigenvalue weighted by Gasteiger charge is -2.33. The van der Waals surface area contributed by atoms with Crippen LogP contribution in [0, 0.1) is 5.92 Å². The molecule has 1 aromatic heterocycles. The molecule has 1 aromatic carbocycles. The van der Waals surface area contributed by atoms with E-state index in [0.717, 1.165) is 28.8 Å². The number of imide groups is 1. The van der Waals surface area contributed by atoms with E-state index < -0.39 is 17.5 Å². The minimum Gasteiger partial charge on any atom is -0.322 e. The molecule has 9 heteroatoms. The van der Waals surface area contributed by atoms with Crippen molar-refractivity contribution < 1.29 is 14.4 Å². The van der Waals surface area contributed by atoms with Gasteiger partial charge in [0.1, 0.15) is 16.9 Å². The van der Waals surface area contributed by atoms with Crippen LogP contribution in [0.4, 0.5) is 4.79 Å². The van der Waals surface area contributed by atoms with Gasteiger partial charge in [-0.05, 0) is 37.7 Å². The molecule has 1 aliphatic carbocycles. The molecular formula is C19H21N5O3S. The van der Waals surface area contributed by atoms with Crippen LogP contribution in [0.5, 0.6) is 0 Å². The number of hydrogen-bond donors (Lipinski definition) is 2. The molecule has 0 unspecified atom stereocenters. The van der Waals surface area contributed by atoms with E-state index in [1.807, 2.05) is 24.3 Å². The summed E-state index contributed by atoms with van der Waals surface area (Å²) in [4.78, 5) is 45.9. The Kier molecular flexibility index (Phi) is 4.92. The predicted octanol–water partition coefficient (Wildman–Crippen LogP) is 2.25. The van der Waals surface area contributed by atoms with Crippen LogP contribution in [-0.4, -0.2) is 44.1 Å². The number of rotatable bonds is 4. The number of carbonyl (C=O) groups is 3. The fourth-order valence-corrected chi connectivity index (χ4v) is 4.48. The first-order chi connectivity index (χ1) is 13.5. The van der Waals surface area contributed by atoms with Gasteiger partial charge in [0.05, 0.1) is 11.3 Å². The molecule has 2 aromatic rings. The van der Waals surface area contributed by atoms with Crippen LogP contribution in [0.25, 0.3) is 10.9 Å². The Labute approximate surface area is 166 Å². The maximum Gasteiger partial charge on any atom is 0.344 e. The minimum atomic E-state index is -0.868. The number of aromatic nitrogens is 2. The van der Waals surface area contributed by atoms with Crippen LogP contribution in [0.2, 0.25) is 0 Å². The fourth-order valence-electron chi connectivity index (χ4n) is 3.70. The second kappa shape index (κ2) is 7.38. The average Bonchev–Trinajstić information content (AvgIpc) is 2.93. The molecule has 1 saturated heterocycles. The van der Waals surface area contributed by atoms with E-state index in [1.165, 1.54) is 18.1 Å². The topological polar surface area (TPSA) is 104 Å². The number of nitrogens with one attached hydrogen (secondary N) is 2. The molecule has 0 atom stereocenters. The SMILES string of the molecule is CC1CCC2(CC1)NC(=O)N(NC(=O)CSc1ncnc3ccccc13)C2=O. The Morgan fingerprint density at radius 3 is 2.82 bits per heavy atom. The number of urea groups is 1. The van der Waals surface area contributed by atoms with E-state index >= 15 is 0 Å². The number of nitrogens with zero attached hydrogens (tertiary/aromatic N) is 3. The molecule has 28 heavy (non-hydrogen) atoms. The van der Waals surface area contributed by atoms with Crippen LogP contribution >= 0.6 is 11.8 Å². The molecule has 146 valence electrons. The van der Waals surface area contributed by atoms with Gasteiger partial charge in [0.25, 0.3) is 5.91 Å². The van der Waals surface area contributed by atoms with Gasteiger partial charge in [0, 0.05) is 5.39 Å². The molecular weight excluding hydrogens is 378 g/mol. The monoisotopic (exact) mass is 399 g/mol. The summed E-state index contributed by atoms with van der Waals surface area (Å²) < 4.78 is 0. The standard InChI is InChI=1S/C19H21N5O3S/c1-12-6-8-19(9-7-12)17(26)24(18(27)22-19)23-15(25)10-28-16-13-4-2-3-5-14(13)20-11-21-16/h2-5,11-12H,6-10H2,1H3,(H,22,27)(H,23,25). The van der Waals surface area contributed by atoms with Crippen molar-refractivity contribution in [1.82, 2.24) is 25.7 Å². The number of fused-ring (bicyclic) bond motifs is 1. The maximum atomic E-state index is 12.8. The zero-order chi connectivity index (χ0) is 19.7. The molecule has 2 fully saturated rings. The summed E-state index contributed by atoms with van der Waals surface area (Å²) in [6.45, 7) is 2.14. The summed E-state index contributed by atoms with van der Waals surface area (Å²) in [5.41, 5.74) is 2.37. The second-order valence-corrected chi connectivity index (χ2v) is 8.32. The highest BCUT2D eigenvalue weighted by Gasteiger charge is 2.52. The van der Waals surface area contributed by atoms with E-state index in [9.17, 15) is 14.4 Å². The van der Waals surface area contributed by atoms with Gasteiger partial charge < -0.3 is 5.32 Å². The van der Waals surface area contributed by atoms with E-state index in [1.54, 1.807) is 0 Å². The van der Waals surface area contributed by atoms with E-state index in [2.05, 4.69) is 27.6 Å². The van der Waals surface area contributed by atoms with Crippen LogP contribution in [0.3, 0.4) is 0 Å². The maximum absolute atomic E-state index is 12.8. The number of para-hydroxylation sites is 1. The lowest BCUT2D eigenvalue weighted by atomic mass is 9.77. The summed E-state index contributed by atoms with van der Waals surface area (Å²) in [5.74, 6) is -0.229. The Morgan fingerprint density at radius 2 is 2.04 bits per heavy atom. The fraction of sp³-hybridized carbons (Fsp3) is 0.421. The molecule has 0 bridgehead atoms. The Bertz CT molecular complexity index is 937. The molecule has 2 heterocycles. The number of amides is 4. The Balaban J connectivity index is 1.40. The smallest absolute Gasteiger partial charge is 0.322 e. The molecule has 1 saturated carbocycles. The number of hydrazine groups is 1. The van der Waals surface area contributed by atoms with Gasteiger partial charge in [-0.2, -0.15) is 5.01 Å². The summed E-state index contributed by atoms with van der Waals surface area (Å²) in [5, 5.41) is 5.15. The van der Waals surface area contributed by atoms with Crippen LogP contribution < -0.4 is 10.7 Å². The summed E-state index contributed by atoms with van der Waals surface area (Å²) >= 11 is 1.24. The molecule has 0 radical (unpaired) electrons. The van der Waals surface area contributed by atoms with Crippen LogP contribution in [0.15, 0.2) is 35.6 Å². The van der Waals surface area contributed by atoms with Gasteiger partial charge in [-0.15, -0.1) is 0 Å². The third-order valence-corrected chi connectivity index (χ3v) is 6.38. The summed E-state index contributed by atoms with van der Waals surface area (Å²) in [6.07, 6.45) is 4.42. The third-order valence-electron chi connectivity index (χ3n) is 5.37. The van der Waals surface area contributed by atoms with Gasteiger partial charge in [-0.25, -0.2) is 14.8 Å². The number of thioether (sulfide) groups is 1. The number of benzene rings is 1. The highest BCUT2D eigenvalue weighted by molar-refractivity contribution is 8.00. The predicted molar refractivity (Wildman–Crippen MR) is 104 cm³/mol. The average molecular weight is 399 g/mol. The van der Waals surface area contributed by atoms with Crippen molar-refractivity contribution in [1.29, 1.82) is 0 Å². The van der Waals surface area contributed by atoms with Crippen molar-refractivity contribution in [2.75, 3.05) is 5.75 Å². The first-order valence-corrected chi connectivity index (χ1v) is 10.3. The molecule has 4 amide bonds. The van der Waals surface area contributed by atoms with Gasteiger partial charge in [-0.1, -0.05) is 36.9 Å². The van der Waals surface area contributed by atoms with Gasteiger partial charge in [0.2, 0.25) is 5.91 Å². The lowest BCUT2D eigenvalue weighted by molar-refractivity contribution is -0.139. The van der Waals surface area contributed by atoms with Gasteiger partial charge in [0.15, 0.2) is 0 Å². The molecule has 2 N–H and O–H groups in total. The Morgan fingerprint density at radius 1 is 1.29 bits per heavy atom. The van der Waals surface area contributed by atoms with Gasteiger partial charge >= 0.3 is 6.03 Å². The Hall–Kier alpha value is -2.68. The molecule has 4 rings (SSSR count). The van der Waals surface area contributed by atoms with Crippen LogP contribution in [0.1, 0.15) is 32.6 Å². The van der Waals surface area contributed by atoms with Crippen molar-refractivity contribution in [2.24, 2.45) is 5.92 Å². The van der Waals surface area contributed by atoms with Crippen molar-refractivity contribution in [3.05, 3.63) is 30.6 Å². The minimum absolute atomic E-state index is 0.0299. The molecule has 1 aliphatic heterocycles. The van der Waals surface area contributed by atoms with Crippen molar-refractivity contribution in [3.8, 4) is 0 Å². The number of carbonyl (C=O) groups excluding carboxylic acids is 3. The van der Waals surface area contributed by atoms with Gasteiger partial charge in [-0.3, -0.25) is 15.0 Å². The van der Waals surface area contributed by atoms with Crippen molar-refractivity contribution in [3.63, 3.8) is 0 Å². The highest BCUT2D eigenvalue weighted by atomic mass is 32.2. The molecule has 8 nitrogen and oxygen atoms in total. The third kappa shape index (κ3) is 3.42. The first kappa shape index (κ1) is 18.7. The van der Waals surface area contributed by atoms with Crippen LogP contribution in [-0.2, 0) is 9.59 Å². The molecule has 2 aliphatic rings.